The molecule has 2 saturated carbocycles. The SMILES string of the molecule is CC(C)OCCC1(CCl)CC2CCC1C2. The molecule has 0 aromatic rings. The van der Waals surface area contributed by atoms with Gasteiger partial charge in [0, 0.05) is 12.5 Å². The first-order valence-electron chi connectivity index (χ1n) is 6.34. The predicted octanol–water partition coefficient (Wildman–Crippen LogP) is 3.85. The molecule has 0 aliphatic heterocycles. The van der Waals surface area contributed by atoms with E-state index in [4.69, 9.17) is 16.3 Å². The molecule has 1 nitrogen and oxygen atoms in total. The van der Waals surface area contributed by atoms with Crippen LogP contribution in [0.1, 0.15) is 46.0 Å². The van der Waals surface area contributed by atoms with Crippen molar-refractivity contribution in [2.75, 3.05) is 12.5 Å². The fraction of sp³-hybridized carbons (Fsp3) is 1.00. The van der Waals surface area contributed by atoms with E-state index in [0.29, 0.717) is 11.5 Å². The summed E-state index contributed by atoms with van der Waals surface area (Å²) in [6.45, 7) is 5.11. The quantitative estimate of drug-likeness (QED) is 0.652. The number of halogens is 1. The third-order valence-corrected chi connectivity index (χ3v) is 4.95. The third kappa shape index (κ3) is 2.34. The predicted molar refractivity (Wildman–Crippen MR) is 64.3 cm³/mol. The van der Waals surface area contributed by atoms with Crippen molar-refractivity contribution in [3.63, 3.8) is 0 Å². The van der Waals surface area contributed by atoms with Gasteiger partial charge in [-0.05, 0) is 56.8 Å². The third-order valence-electron chi connectivity index (χ3n) is 4.42. The molecule has 2 fully saturated rings. The van der Waals surface area contributed by atoms with Crippen LogP contribution in [-0.4, -0.2) is 18.6 Å². The van der Waals surface area contributed by atoms with Crippen LogP contribution >= 0.6 is 11.6 Å². The van der Waals surface area contributed by atoms with E-state index in [0.717, 1.165) is 24.3 Å². The van der Waals surface area contributed by atoms with Crippen LogP contribution in [0.15, 0.2) is 0 Å². The molecule has 0 N–H and O–H groups in total. The van der Waals surface area contributed by atoms with Gasteiger partial charge in [-0.1, -0.05) is 6.42 Å². The van der Waals surface area contributed by atoms with Gasteiger partial charge in [-0.15, -0.1) is 11.6 Å². The molecule has 2 bridgehead atoms. The van der Waals surface area contributed by atoms with Gasteiger partial charge in [0.1, 0.15) is 0 Å². The van der Waals surface area contributed by atoms with Crippen molar-refractivity contribution in [1.29, 1.82) is 0 Å². The normalized spacial score (nSPS) is 39.2. The second kappa shape index (κ2) is 4.63. The minimum Gasteiger partial charge on any atom is -0.379 e. The van der Waals surface area contributed by atoms with Crippen LogP contribution in [-0.2, 0) is 4.74 Å². The molecule has 0 heterocycles. The smallest absolute Gasteiger partial charge is 0.0518 e. The lowest BCUT2D eigenvalue weighted by Gasteiger charge is -2.36. The summed E-state index contributed by atoms with van der Waals surface area (Å²) < 4.78 is 5.68. The molecule has 0 aromatic carbocycles. The standard InChI is InChI=1S/C13H23ClO/c1-10(2)15-6-5-13(9-14)8-11-3-4-12(13)7-11/h10-12H,3-9H2,1-2H3. The molecule has 2 aliphatic carbocycles. The van der Waals surface area contributed by atoms with Crippen LogP contribution in [0, 0.1) is 17.3 Å². The molecular weight excluding hydrogens is 208 g/mol. The molecule has 3 atom stereocenters. The summed E-state index contributed by atoms with van der Waals surface area (Å²) >= 11 is 6.22. The molecule has 0 amide bonds. The van der Waals surface area contributed by atoms with Crippen molar-refractivity contribution in [3.8, 4) is 0 Å². The van der Waals surface area contributed by atoms with Crippen LogP contribution < -0.4 is 0 Å². The van der Waals surface area contributed by atoms with Crippen molar-refractivity contribution in [3.05, 3.63) is 0 Å². The topological polar surface area (TPSA) is 9.23 Å². The van der Waals surface area contributed by atoms with Gasteiger partial charge in [0.2, 0.25) is 0 Å². The maximum atomic E-state index is 6.22. The van der Waals surface area contributed by atoms with Gasteiger partial charge in [-0.25, -0.2) is 0 Å². The van der Waals surface area contributed by atoms with E-state index in [1.165, 1.54) is 32.1 Å². The average Bonchev–Trinajstić information content (AvgIpc) is 2.77. The van der Waals surface area contributed by atoms with Gasteiger partial charge in [0.15, 0.2) is 0 Å². The zero-order valence-corrected chi connectivity index (χ0v) is 10.7. The zero-order valence-electron chi connectivity index (χ0n) is 9.97. The lowest BCUT2D eigenvalue weighted by molar-refractivity contribution is 0.0404. The maximum Gasteiger partial charge on any atom is 0.0518 e. The van der Waals surface area contributed by atoms with Crippen molar-refractivity contribution in [1.82, 2.24) is 0 Å². The summed E-state index contributed by atoms with van der Waals surface area (Å²) in [6.07, 6.45) is 7.20. The molecule has 15 heavy (non-hydrogen) atoms. The Morgan fingerprint density at radius 3 is 2.67 bits per heavy atom. The molecule has 0 spiro atoms. The Hall–Kier alpha value is 0.250. The number of ether oxygens (including phenoxy) is 1. The number of hydrogen-bond acceptors (Lipinski definition) is 1. The molecule has 0 radical (unpaired) electrons. The summed E-state index contributed by atoms with van der Waals surface area (Å²) in [7, 11) is 0. The van der Waals surface area contributed by atoms with Crippen molar-refractivity contribution in [2.24, 2.45) is 17.3 Å². The van der Waals surface area contributed by atoms with Gasteiger partial charge in [0.05, 0.1) is 6.10 Å². The van der Waals surface area contributed by atoms with Crippen LogP contribution in [0.25, 0.3) is 0 Å². The maximum absolute atomic E-state index is 6.22. The molecule has 2 rings (SSSR count). The fourth-order valence-corrected chi connectivity index (χ4v) is 4.05. The first-order valence-corrected chi connectivity index (χ1v) is 6.87. The Labute approximate surface area is 98.5 Å². The second-order valence-corrected chi connectivity index (χ2v) is 6.01. The Bertz CT molecular complexity index is 217. The molecule has 3 unspecified atom stereocenters. The molecule has 2 aliphatic rings. The monoisotopic (exact) mass is 230 g/mol. The highest BCUT2D eigenvalue weighted by Gasteiger charge is 2.49. The Kier molecular flexibility index (Phi) is 3.62. The van der Waals surface area contributed by atoms with Gasteiger partial charge in [-0.3, -0.25) is 0 Å². The van der Waals surface area contributed by atoms with Gasteiger partial charge >= 0.3 is 0 Å². The Morgan fingerprint density at radius 1 is 1.40 bits per heavy atom. The summed E-state index contributed by atoms with van der Waals surface area (Å²) in [6, 6.07) is 0. The minimum absolute atomic E-state index is 0.357. The minimum atomic E-state index is 0.357. The largest absolute Gasteiger partial charge is 0.379 e. The molecule has 0 saturated heterocycles. The lowest BCUT2D eigenvalue weighted by atomic mass is 9.72. The van der Waals surface area contributed by atoms with Gasteiger partial charge in [-0.2, -0.15) is 0 Å². The fourth-order valence-electron chi connectivity index (χ4n) is 3.59. The summed E-state index contributed by atoms with van der Waals surface area (Å²) in [5.74, 6) is 2.72. The summed E-state index contributed by atoms with van der Waals surface area (Å²) in [5.41, 5.74) is 0.430. The van der Waals surface area contributed by atoms with Crippen LogP contribution in [0.2, 0.25) is 0 Å². The van der Waals surface area contributed by atoms with E-state index < -0.39 is 0 Å². The average molecular weight is 231 g/mol. The lowest BCUT2D eigenvalue weighted by Crippen LogP contribution is -2.31. The van der Waals surface area contributed by atoms with Crippen molar-refractivity contribution in [2.45, 2.75) is 52.1 Å². The van der Waals surface area contributed by atoms with E-state index in [1.807, 2.05) is 0 Å². The van der Waals surface area contributed by atoms with E-state index >= 15 is 0 Å². The Morgan fingerprint density at radius 2 is 2.20 bits per heavy atom. The van der Waals surface area contributed by atoms with E-state index in [1.54, 1.807) is 0 Å². The van der Waals surface area contributed by atoms with Crippen LogP contribution in [0.3, 0.4) is 0 Å². The zero-order chi connectivity index (χ0) is 10.9. The van der Waals surface area contributed by atoms with Gasteiger partial charge < -0.3 is 4.74 Å². The number of hydrogen-bond donors (Lipinski definition) is 0. The summed E-state index contributed by atoms with van der Waals surface area (Å²) in [4.78, 5) is 0. The van der Waals surface area contributed by atoms with E-state index in [2.05, 4.69) is 13.8 Å². The highest BCUT2D eigenvalue weighted by molar-refractivity contribution is 6.18. The first-order chi connectivity index (χ1) is 7.16. The second-order valence-electron chi connectivity index (χ2n) is 5.75. The number of fused-ring (bicyclic) bond motifs is 2. The van der Waals surface area contributed by atoms with Gasteiger partial charge in [0.25, 0.3) is 0 Å². The molecule has 2 heteroatoms. The highest BCUT2D eigenvalue weighted by Crippen LogP contribution is 2.58. The first kappa shape index (κ1) is 11.7. The number of alkyl halides is 1. The van der Waals surface area contributed by atoms with Crippen LogP contribution in [0.4, 0.5) is 0 Å². The van der Waals surface area contributed by atoms with E-state index in [-0.39, 0.29) is 0 Å². The number of rotatable bonds is 5. The molecular formula is C13H23ClO. The van der Waals surface area contributed by atoms with E-state index in [9.17, 15) is 0 Å². The summed E-state index contributed by atoms with van der Waals surface area (Å²) in [5, 5.41) is 0. The Balaban J connectivity index is 1.86. The van der Waals surface area contributed by atoms with Crippen molar-refractivity contribution >= 4 is 11.6 Å². The van der Waals surface area contributed by atoms with Crippen molar-refractivity contribution < 1.29 is 4.74 Å². The molecule has 88 valence electrons. The molecule has 0 aromatic heterocycles. The van der Waals surface area contributed by atoms with Crippen LogP contribution in [0.5, 0.6) is 0 Å². The highest BCUT2D eigenvalue weighted by atomic mass is 35.5.